The zero-order valence-corrected chi connectivity index (χ0v) is 9.91. The number of ether oxygens (including phenoxy) is 1. The Morgan fingerprint density at radius 2 is 1.78 bits per heavy atom. The Morgan fingerprint density at radius 1 is 1.00 bits per heavy atom. The van der Waals surface area contributed by atoms with Crippen LogP contribution in [0.2, 0.25) is 0 Å². The smallest absolute Gasteiger partial charge is 0.135 e. The molecule has 2 aromatic rings. The van der Waals surface area contributed by atoms with Gasteiger partial charge in [-0.3, -0.25) is 5.32 Å². The quantitative estimate of drug-likeness (QED) is 0.849. The summed E-state index contributed by atoms with van der Waals surface area (Å²) in [5.74, 6) is 0.277. The van der Waals surface area contributed by atoms with Gasteiger partial charge >= 0.3 is 0 Å². The van der Waals surface area contributed by atoms with E-state index in [1.54, 1.807) is 12.1 Å². The van der Waals surface area contributed by atoms with E-state index >= 15 is 0 Å². The van der Waals surface area contributed by atoms with Gasteiger partial charge in [0.25, 0.3) is 0 Å². The van der Waals surface area contributed by atoms with Crippen LogP contribution >= 0.6 is 0 Å². The largest absolute Gasteiger partial charge is 0.508 e. The SMILES string of the molecule is Oc1cccc(C2CNC(c3ccccc3)O2)c1. The predicted octanol–water partition coefficient (Wildman–Crippen LogP) is 2.75. The average molecular weight is 241 g/mol. The Balaban J connectivity index is 1.76. The van der Waals surface area contributed by atoms with Crippen molar-refractivity contribution in [3.8, 4) is 5.75 Å². The Labute approximate surface area is 106 Å². The van der Waals surface area contributed by atoms with E-state index in [2.05, 4.69) is 5.32 Å². The van der Waals surface area contributed by atoms with Gasteiger partial charge in [0.15, 0.2) is 0 Å². The molecule has 0 aromatic heterocycles. The van der Waals surface area contributed by atoms with Crippen molar-refractivity contribution < 1.29 is 9.84 Å². The van der Waals surface area contributed by atoms with Crippen LogP contribution in [0.3, 0.4) is 0 Å². The second kappa shape index (κ2) is 4.80. The lowest BCUT2D eigenvalue weighted by atomic mass is 10.1. The predicted molar refractivity (Wildman–Crippen MR) is 69.1 cm³/mol. The molecule has 92 valence electrons. The van der Waals surface area contributed by atoms with Crippen LogP contribution in [-0.2, 0) is 4.74 Å². The highest BCUT2D eigenvalue weighted by Crippen LogP contribution is 2.31. The Morgan fingerprint density at radius 3 is 2.56 bits per heavy atom. The molecule has 1 saturated heterocycles. The van der Waals surface area contributed by atoms with Crippen molar-refractivity contribution in [1.82, 2.24) is 5.32 Å². The summed E-state index contributed by atoms with van der Waals surface area (Å²) in [6.45, 7) is 0.753. The van der Waals surface area contributed by atoms with Crippen LogP contribution in [-0.4, -0.2) is 11.7 Å². The van der Waals surface area contributed by atoms with Crippen molar-refractivity contribution in [2.24, 2.45) is 0 Å². The molecule has 0 bridgehead atoms. The fourth-order valence-electron chi connectivity index (χ4n) is 2.22. The maximum atomic E-state index is 9.48. The Bertz CT molecular complexity index is 527. The molecule has 0 aliphatic carbocycles. The fourth-order valence-corrected chi connectivity index (χ4v) is 2.22. The van der Waals surface area contributed by atoms with Gasteiger partial charge in [-0.1, -0.05) is 42.5 Å². The molecule has 18 heavy (non-hydrogen) atoms. The fraction of sp³-hybridized carbons (Fsp3) is 0.200. The maximum Gasteiger partial charge on any atom is 0.135 e. The first-order valence-electron chi connectivity index (χ1n) is 6.05. The molecule has 0 spiro atoms. The number of nitrogens with one attached hydrogen (secondary N) is 1. The molecule has 1 aliphatic rings. The standard InChI is InChI=1S/C15H15NO2/c17-13-8-4-7-12(9-13)14-10-16-15(18-14)11-5-2-1-3-6-11/h1-9,14-17H,10H2. The van der Waals surface area contributed by atoms with E-state index in [-0.39, 0.29) is 18.1 Å². The van der Waals surface area contributed by atoms with Gasteiger partial charge in [0.1, 0.15) is 12.0 Å². The van der Waals surface area contributed by atoms with Gasteiger partial charge in [-0.2, -0.15) is 0 Å². The molecule has 3 nitrogen and oxygen atoms in total. The molecule has 2 unspecified atom stereocenters. The summed E-state index contributed by atoms with van der Waals surface area (Å²) in [4.78, 5) is 0. The molecule has 3 rings (SSSR count). The van der Waals surface area contributed by atoms with Crippen LogP contribution < -0.4 is 5.32 Å². The van der Waals surface area contributed by atoms with Gasteiger partial charge < -0.3 is 9.84 Å². The lowest BCUT2D eigenvalue weighted by Gasteiger charge is -2.13. The first-order valence-corrected chi connectivity index (χ1v) is 6.05. The van der Waals surface area contributed by atoms with E-state index in [4.69, 9.17) is 4.74 Å². The number of hydrogen-bond acceptors (Lipinski definition) is 3. The second-order valence-electron chi connectivity index (χ2n) is 4.42. The molecule has 1 fully saturated rings. The molecule has 2 N–H and O–H groups in total. The van der Waals surface area contributed by atoms with E-state index in [9.17, 15) is 5.11 Å². The highest BCUT2D eigenvalue weighted by molar-refractivity contribution is 5.30. The number of benzene rings is 2. The van der Waals surface area contributed by atoms with Gasteiger partial charge in [0.2, 0.25) is 0 Å². The minimum atomic E-state index is -0.0708. The zero-order chi connectivity index (χ0) is 12.4. The van der Waals surface area contributed by atoms with E-state index in [1.807, 2.05) is 42.5 Å². The van der Waals surface area contributed by atoms with Crippen LogP contribution in [0.4, 0.5) is 0 Å². The molecular formula is C15H15NO2. The highest BCUT2D eigenvalue weighted by atomic mass is 16.5. The average Bonchev–Trinajstić information content (AvgIpc) is 2.89. The summed E-state index contributed by atoms with van der Waals surface area (Å²) in [5, 5.41) is 12.8. The van der Waals surface area contributed by atoms with Crippen molar-refractivity contribution in [2.75, 3.05) is 6.54 Å². The van der Waals surface area contributed by atoms with Crippen LogP contribution in [0, 0.1) is 0 Å². The monoisotopic (exact) mass is 241 g/mol. The Hall–Kier alpha value is -1.84. The lowest BCUT2D eigenvalue weighted by molar-refractivity contribution is 0.0404. The van der Waals surface area contributed by atoms with E-state index in [0.29, 0.717) is 0 Å². The second-order valence-corrected chi connectivity index (χ2v) is 4.42. The summed E-state index contributed by atoms with van der Waals surface area (Å²) in [6.07, 6.45) is -0.0825. The van der Waals surface area contributed by atoms with Crippen LogP contribution in [0.1, 0.15) is 23.5 Å². The number of phenolic OH excluding ortho intramolecular Hbond substituents is 1. The van der Waals surface area contributed by atoms with E-state index in [1.165, 1.54) is 0 Å². The summed E-state index contributed by atoms with van der Waals surface area (Å²) < 4.78 is 5.97. The van der Waals surface area contributed by atoms with Crippen LogP contribution in [0.5, 0.6) is 5.75 Å². The number of rotatable bonds is 2. The van der Waals surface area contributed by atoms with Crippen molar-refractivity contribution in [1.29, 1.82) is 0 Å². The molecule has 2 atom stereocenters. The summed E-state index contributed by atoms with van der Waals surface area (Å²) in [6, 6.07) is 17.3. The third kappa shape index (κ3) is 2.23. The zero-order valence-electron chi connectivity index (χ0n) is 9.91. The lowest BCUT2D eigenvalue weighted by Crippen LogP contribution is -2.13. The van der Waals surface area contributed by atoms with Crippen molar-refractivity contribution >= 4 is 0 Å². The summed E-state index contributed by atoms with van der Waals surface area (Å²) >= 11 is 0. The molecular weight excluding hydrogens is 226 g/mol. The molecule has 2 aromatic carbocycles. The molecule has 0 radical (unpaired) electrons. The first kappa shape index (κ1) is 11.3. The van der Waals surface area contributed by atoms with Crippen LogP contribution in [0.25, 0.3) is 0 Å². The van der Waals surface area contributed by atoms with Crippen molar-refractivity contribution in [3.63, 3.8) is 0 Å². The highest BCUT2D eigenvalue weighted by Gasteiger charge is 2.26. The topological polar surface area (TPSA) is 41.5 Å². The van der Waals surface area contributed by atoms with Crippen molar-refractivity contribution in [3.05, 3.63) is 65.7 Å². The Kier molecular flexibility index (Phi) is 3.00. The molecule has 1 heterocycles. The first-order chi connectivity index (χ1) is 8.83. The molecule has 1 aliphatic heterocycles. The summed E-state index contributed by atoms with van der Waals surface area (Å²) in [5.41, 5.74) is 2.13. The van der Waals surface area contributed by atoms with Gasteiger partial charge in [-0.05, 0) is 23.3 Å². The number of hydrogen-bond donors (Lipinski definition) is 2. The third-order valence-electron chi connectivity index (χ3n) is 3.13. The molecule has 3 heteroatoms. The number of phenols is 1. The molecule has 0 amide bonds. The van der Waals surface area contributed by atoms with E-state index < -0.39 is 0 Å². The van der Waals surface area contributed by atoms with E-state index in [0.717, 1.165) is 17.7 Å². The van der Waals surface area contributed by atoms with Gasteiger partial charge in [-0.25, -0.2) is 0 Å². The van der Waals surface area contributed by atoms with Crippen LogP contribution in [0.15, 0.2) is 54.6 Å². The normalized spacial score (nSPS) is 23.1. The van der Waals surface area contributed by atoms with Gasteiger partial charge in [0, 0.05) is 6.54 Å². The third-order valence-corrected chi connectivity index (χ3v) is 3.13. The minimum absolute atomic E-state index is 0.0118. The van der Waals surface area contributed by atoms with Gasteiger partial charge in [-0.15, -0.1) is 0 Å². The van der Waals surface area contributed by atoms with Crippen molar-refractivity contribution in [2.45, 2.75) is 12.3 Å². The minimum Gasteiger partial charge on any atom is -0.508 e. The maximum absolute atomic E-state index is 9.48. The number of aromatic hydroxyl groups is 1. The molecule has 0 saturated carbocycles. The van der Waals surface area contributed by atoms with Gasteiger partial charge in [0.05, 0.1) is 6.10 Å². The summed E-state index contributed by atoms with van der Waals surface area (Å²) in [7, 11) is 0.